The first-order chi connectivity index (χ1) is 8.08. The van der Waals surface area contributed by atoms with Crippen molar-refractivity contribution in [2.24, 2.45) is 0 Å². The Hall–Kier alpha value is -1.32. The van der Waals surface area contributed by atoms with E-state index in [1.165, 1.54) is 0 Å². The minimum atomic E-state index is 0.389. The predicted molar refractivity (Wildman–Crippen MR) is 75.9 cm³/mol. The third kappa shape index (κ3) is 2.68. The van der Waals surface area contributed by atoms with Crippen molar-refractivity contribution in [2.45, 2.75) is 0 Å². The number of hydrogen-bond donors (Lipinski definition) is 2. The number of hydrogen-bond acceptors (Lipinski definition) is 2. The molecule has 2 aromatic rings. The van der Waals surface area contributed by atoms with E-state index in [0.29, 0.717) is 22.0 Å². The molecule has 86 valence electrons. The Bertz CT molecular complexity index is 564. The summed E-state index contributed by atoms with van der Waals surface area (Å²) in [6.45, 7) is 0. The van der Waals surface area contributed by atoms with Crippen LogP contribution in [0.5, 0.6) is 0 Å². The zero-order chi connectivity index (χ0) is 12.4. The third-order valence-corrected chi connectivity index (χ3v) is 3.16. The highest BCUT2D eigenvalue weighted by atomic mass is 79.9. The van der Waals surface area contributed by atoms with E-state index in [0.717, 1.165) is 10.0 Å². The molecule has 0 saturated heterocycles. The molecule has 2 nitrogen and oxygen atoms in total. The van der Waals surface area contributed by atoms with Gasteiger partial charge in [-0.25, -0.2) is 0 Å². The molecule has 0 bridgehead atoms. The number of anilines is 1. The van der Waals surface area contributed by atoms with Gasteiger partial charge in [-0.1, -0.05) is 39.7 Å². The van der Waals surface area contributed by atoms with Crippen LogP contribution < -0.4 is 5.73 Å². The zero-order valence-corrected chi connectivity index (χ0v) is 11.2. The molecule has 2 rings (SSSR count). The van der Waals surface area contributed by atoms with Gasteiger partial charge in [0, 0.05) is 26.3 Å². The highest BCUT2D eigenvalue weighted by Gasteiger charge is 2.08. The largest absolute Gasteiger partial charge is 0.398 e. The second kappa shape index (κ2) is 4.90. The number of nitrogen functional groups attached to an aromatic ring is 1. The Labute approximate surface area is 113 Å². The number of halogens is 2. The molecular weight excluding hydrogens is 300 g/mol. The van der Waals surface area contributed by atoms with Gasteiger partial charge in [-0.2, -0.15) is 0 Å². The van der Waals surface area contributed by atoms with Crippen molar-refractivity contribution in [1.29, 1.82) is 5.41 Å². The van der Waals surface area contributed by atoms with Crippen molar-refractivity contribution in [3.63, 3.8) is 0 Å². The lowest BCUT2D eigenvalue weighted by atomic mass is 10.0. The topological polar surface area (TPSA) is 49.9 Å². The van der Waals surface area contributed by atoms with Crippen LogP contribution in [0.4, 0.5) is 5.69 Å². The fourth-order valence-electron chi connectivity index (χ4n) is 1.52. The Morgan fingerprint density at radius 3 is 2.41 bits per heavy atom. The minimum absolute atomic E-state index is 0.389. The van der Waals surface area contributed by atoms with Gasteiger partial charge < -0.3 is 5.73 Å². The van der Waals surface area contributed by atoms with Crippen LogP contribution >= 0.6 is 27.5 Å². The summed E-state index contributed by atoms with van der Waals surface area (Å²) in [5, 5.41) is 8.79. The van der Waals surface area contributed by atoms with Crippen LogP contribution in [0.1, 0.15) is 11.1 Å². The molecule has 0 heterocycles. The lowest BCUT2D eigenvalue weighted by Crippen LogP contribution is -2.05. The predicted octanol–water partition coefficient (Wildman–Crippen LogP) is 4.10. The summed E-state index contributed by atoms with van der Waals surface area (Å²) in [5.74, 6) is 0. The standard InChI is InChI=1S/C13H10BrClN2/c14-9-3-6-12(16)11(7-9)13(17)8-1-4-10(15)5-2-8/h1-7,17H,16H2. The minimum Gasteiger partial charge on any atom is -0.398 e. The molecule has 0 aliphatic rings. The lowest BCUT2D eigenvalue weighted by molar-refractivity contribution is 1.45. The van der Waals surface area contributed by atoms with Gasteiger partial charge in [-0.05, 0) is 30.3 Å². The Balaban J connectivity index is 2.43. The highest BCUT2D eigenvalue weighted by molar-refractivity contribution is 9.10. The SMILES string of the molecule is N=C(c1ccc(Cl)cc1)c1cc(Br)ccc1N. The summed E-state index contributed by atoms with van der Waals surface area (Å²) in [7, 11) is 0. The molecule has 0 amide bonds. The number of rotatable bonds is 2. The molecule has 2 aromatic carbocycles. The summed E-state index contributed by atoms with van der Waals surface area (Å²) in [6.07, 6.45) is 0. The van der Waals surface area contributed by atoms with E-state index >= 15 is 0 Å². The maximum atomic E-state index is 8.13. The van der Waals surface area contributed by atoms with Crippen molar-refractivity contribution in [3.8, 4) is 0 Å². The van der Waals surface area contributed by atoms with Crippen LogP contribution in [0.15, 0.2) is 46.9 Å². The molecule has 0 atom stereocenters. The quantitative estimate of drug-likeness (QED) is 0.637. The van der Waals surface area contributed by atoms with E-state index in [1.807, 2.05) is 24.3 Å². The van der Waals surface area contributed by atoms with E-state index < -0.39 is 0 Å². The molecule has 0 aromatic heterocycles. The summed E-state index contributed by atoms with van der Waals surface area (Å²) in [5.41, 5.74) is 8.35. The number of nitrogens with two attached hydrogens (primary N) is 1. The smallest absolute Gasteiger partial charge is 0.0705 e. The van der Waals surface area contributed by atoms with Crippen molar-refractivity contribution in [1.82, 2.24) is 0 Å². The van der Waals surface area contributed by atoms with Crippen LogP contribution in [0.25, 0.3) is 0 Å². The summed E-state index contributed by atoms with van der Waals surface area (Å²) < 4.78 is 0.903. The molecule has 0 unspecified atom stereocenters. The van der Waals surface area contributed by atoms with Gasteiger partial charge in [-0.15, -0.1) is 0 Å². The Morgan fingerprint density at radius 2 is 1.76 bits per heavy atom. The molecule has 0 saturated carbocycles. The van der Waals surface area contributed by atoms with Crippen molar-refractivity contribution >= 4 is 38.9 Å². The summed E-state index contributed by atoms with van der Waals surface area (Å²) in [4.78, 5) is 0. The molecule has 0 aliphatic heterocycles. The van der Waals surface area contributed by atoms with Gasteiger partial charge in [0.2, 0.25) is 0 Å². The molecule has 4 heteroatoms. The van der Waals surface area contributed by atoms with Crippen LogP contribution in [0.3, 0.4) is 0 Å². The first-order valence-electron chi connectivity index (χ1n) is 4.98. The van der Waals surface area contributed by atoms with Gasteiger partial charge in [-0.3, -0.25) is 5.41 Å². The van der Waals surface area contributed by atoms with E-state index in [4.69, 9.17) is 22.7 Å². The maximum absolute atomic E-state index is 8.13. The Morgan fingerprint density at radius 1 is 1.12 bits per heavy atom. The molecule has 0 radical (unpaired) electrons. The van der Waals surface area contributed by atoms with Crippen LogP contribution in [-0.2, 0) is 0 Å². The zero-order valence-electron chi connectivity index (χ0n) is 8.87. The lowest BCUT2D eigenvalue weighted by Gasteiger charge is -2.08. The first kappa shape index (κ1) is 12.1. The Kier molecular flexibility index (Phi) is 3.50. The van der Waals surface area contributed by atoms with Crippen molar-refractivity contribution in [2.75, 3.05) is 5.73 Å². The van der Waals surface area contributed by atoms with Crippen LogP contribution in [-0.4, -0.2) is 5.71 Å². The van der Waals surface area contributed by atoms with E-state index in [9.17, 15) is 0 Å². The van der Waals surface area contributed by atoms with Crippen LogP contribution in [0.2, 0.25) is 5.02 Å². The van der Waals surface area contributed by atoms with Gasteiger partial charge >= 0.3 is 0 Å². The molecule has 0 fully saturated rings. The number of benzene rings is 2. The summed E-state index contributed by atoms with van der Waals surface area (Å²) >= 11 is 9.19. The molecule has 3 N–H and O–H groups in total. The molecule has 17 heavy (non-hydrogen) atoms. The normalized spacial score (nSPS) is 10.2. The van der Waals surface area contributed by atoms with Gasteiger partial charge in [0.15, 0.2) is 0 Å². The van der Waals surface area contributed by atoms with E-state index in [2.05, 4.69) is 15.9 Å². The fourth-order valence-corrected chi connectivity index (χ4v) is 2.00. The highest BCUT2D eigenvalue weighted by Crippen LogP contribution is 2.22. The van der Waals surface area contributed by atoms with Crippen molar-refractivity contribution < 1.29 is 0 Å². The average molecular weight is 310 g/mol. The fraction of sp³-hybridized carbons (Fsp3) is 0. The van der Waals surface area contributed by atoms with Gasteiger partial charge in [0.1, 0.15) is 0 Å². The third-order valence-electron chi connectivity index (χ3n) is 2.42. The molecular formula is C13H10BrClN2. The summed E-state index contributed by atoms with van der Waals surface area (Å²) in [6, 6.07) is 12.6. The van der Waals surface area contributed by atoms with Gasteiger partial charge in [0.25, 0.3) is 0 Å². The average Bonchev–Trinajstić information content (AvgIpc) is 2.32. The second-order valence-corrected chi connectivity index (χ2v) is 4.97. The van der Waals surface area contributed by atoms with E-state index in [-0.39, 0.29) is 0 Å². The van der Waals surface area contributed by atoms with E-state index in [1.54, 1.807) is 18.2 Å². The maximum Gasteiger partial charge on any atom is 0.0705 e. The first-order valence-corrected chi connectivity index (χ1v) is 6.15. The molecule has 0 spiro atoms. The van der Waals surface area contributed by atoms with Crippen molar-refractivity contribution in [3.05, 3.63) is 63.1 Å². The van der Waals surface area contributed by atoms with Gasteiger partial charge in [0.05, 0.1) is 5.71 Å². The monoisotopic (exact) mass is 308 g/mol. The van der Waals surface area contributed by atoms with Crippen LogP contribution in [0, 0.1) is 5.41 Å². The number of nitrogens with one attached hydrogen (secondary N) is 1. The molecule has 0 aliphatic carbocycles. The second-order valence-electron chi connectivity index (χ2n) is 3.61.